The van der Waals surface area contributed by atoms with Crippen molar-refractivity contribution in [3.05, 3.63) is 53.1 Å². The minimum atomic E-state index is -0.857. The number of nitrogens with zero attached hydrogens (tertiary/aromatic N) is 4. The molecule has 27 heavy (non-hydrogen) atoms. The first-order valence-electron chi connectivity index (χ1n) is 8.58. The van der Waals surface area contributed by atoms with Gasteiger partial charge in [-0.3, -0.25) is 9.59 Å². The lowest BCUT2D eigenvalue weighted by Gasteiger charge is -2.21. The molecule has 1 saturated heterocycles. The van der Waals surface area contributed by atoms with Crippen LogP contribution in [0.5, 0.6) is 5.75 Å². The topological polar surface area (TPSA) is 74.6 Å². The van der Waals surface area contributed by atoms with Crippen molar-refractivity contribution in [2.75, 3.05) is 16.5 Å². The molecule has 8 heteroatoms. The van der Waals surface area contributed by atoms with Crippen molar-refractivity contribution < 1.29 is 14.3 Å². The third kappa shape index (κ3) is 2.84. The molecule has 2 atom stereocenters. The van der Waals surface area contributed by atoms with Gasteiger partial charge in [-0.15, -0.1) is 0 Å². The van der Waals surface area contributed by atoms with E-state index in [1.54, 1.807) is 42.5 Å². The summed E-state index contributed by atoms with van der Waals surface area (Å²) in [6.07, 6.45) is 0. The average Bonchev–Trinajstić information content (AvgIpc) is 3.19. The molecule has 2 unspecified atom stereocenters. The number of hydrogen-bond donors (Lipinski definition) is 0. The average molecular weight is 385 g/mol. The number of anilines is 2. The van der Waals surface area contributed by atoms with Gasteiger partial charge in [0.2, 0.25) is 0 Å². The van der Waals surface area contributed by atoms with Crippen LogP contribution in [0.1, 0.15) is 12.5 Å². The van der Waals surface area contributed by atoms with Crippen LogP contribution in [0, 0.1) is 6.92 Å². The second-order valence-electron chi connectivity index (χ2n) is 6.31. The first-order valence-corrected chi connectivity index (χ1v) is 8.96. The Morgan fingerprint density at radius 3 is 2.44 bits per heavy atom. The Balaban J connectivity index is 1.64. The SMILES string of the molecule is CCOc1ccc(N2N=NC3C(=O)N(c4ccc(C)c(Cl)c4)C(=O)C32)cc1. The van der Waals surface area contributed by atoms with E-state index in [2.05, 4.69) is 10.3 Å². The van der Waals surface area contributed by atoms with Crippen molar-refractivity contribution in [3.8, 4) is 5.75 Å². The van der Waals surface area contributed by atoms with Gasteiger partial charge in [0.15, 0.2) is 12.1 Å². The molecule has 0 aromatic heterocycles. The first-order chi connectivity index (χ1) is 13.0. The van der Waals surface area contributed by atoms with Crippen molar-refractivity contribution >= 4 is 34.8 Å². The third-order valence-electron chi connectivity index (χ3n) is 4.61. The number of fused-ring (bicyclic) bond motifs is 1. The zero-order valence-corrected chi connectivity index (χ0v) is 15.6. The van der Waals surface area contributed by atoms with E-state index in [1.165, 1.54) is 5.01 Å². The molecule has 0 N–H and O–H groups in total. The van der Waals surface area contributed by atoms with Crippen molar-refractivity contribution in [2.24, 2.45) is 10.3 Å². The summed E-state index contributed by atoms with van der Waals surface area (Å²) in [7, 11) is 0. The zero-order chi connectivity index (χ0) is 19.1. The largest absolute Gasteiger partial charge is 0.494 e. The summed E-state index contributed by atoms with van der Waals surface area (Å²) < 4.78 is 5.43. The number of imide groups is 1. The highest BCUT2D eigenvalue weighted by Crippen LogP contribution is 2.36. The van der Waals surface area contributed by atoms with Crippen LogP contribution >= 0.6 is 11.6 Å². The van der Waals surface area contributed by atoms with Crippen molar-refractivity contribution in [1.29, 1.82) is 0 Å². The van der Waals surface area contributed by atoms with Gasteiger partial charge in [0.1, 0.15) is 5.75 Å². The van der Waals surface area contributed by atoms with Gasteiger partial charge in [-0.2, -0.15) is 5.11 Å². The normalized spacial score (nSPS) is 21.1. The minimum absolute atomic E-state index is 0.371. The van der Waals surface area contributed by atoms with Gasteiger partial charge in [0.25, 0.3) is 11.8 Å². The van der Waals surface area contributed by atoms with Crippen LogP contribution < -0.4 is 14.6 Å². The summed E-state index contributed by atoms with van der Waals surface area (Å²) in [5.74, 6) is -0.0513. The third-order valence-corrected chi connectivity index (χ3v) is 5.01. The predicted molar refractivity (Wildman–Crippen MR) is 101 cm³/mol. The van der Waals surface area contributed by atoms with E-state index in [1.807, 2.05) is 13.8 Å². The standard InChI is InChI=1S/C19H17ClN4O3/c1-3-27-14-8-6-12(7-9-14)24-17-16(21-22-24)18(25)23(19(17)26)13-5-4-11(2)15(20)10-13/h4-10,16-17H,3H2,1-2H3. The summed E-state index contributed by atoms with van der Waals surface area (Å²) >= 11 is 6.16. The van der Waals surface area contributed by atoms with Crippen molar-refractivity contribution in [3.63, 3.8) is 0 Å². The lowest BCUT2D eigenvalue weighted by molar-refractivity contribution is -0.121. The fourth-order valence-electron chi connectivity index (χ4n) is 3.21. The molecule has 0 spiro atoms. The number of benzene rings is 2. The Labute approximate surface area is 161 Å². The van der Waals surface area contributed by atoms with Gasteiger partial charge in [0.05, 0.1) is 18.0 Å². The minimum Gasteiger partial charge on any atom is -0.494 e. The molecule has 1 fully saturated rings. The smallest absolute Gasteiger partial charge is 0.263 e. The van der Waals surface area contributed by atoms with Crippen LogP contribution in [-0.2, 0) is 9.59 Å². The number of halogens is 1. The molecule has 0 aliphatic carbocycles. The zero-order valence-electron chi connectivity index (χ0n) is 14.8. The summed E-state index contributed by atoms with van der Waals surface area (Å²) in [4.78, 5) is 26.9. The van der Waals surface area contributed by atoms with E-state index in [0.717, 1.165) is 16.2 Å². The monoisotopic (exact) mass is 384 g/mol. The molecule has 2 amide bonds. The van der Waals surface area contributed by atoms with Crippen LogP contribution in [-0.4, -0.2) is 30.5 Å². The molecule has 138 valence electrons. The van der Waals surface area contributed by atoms with Crippen molar-refractivity contribution in [1.82, 2.24) is 0 Å². The van der Waals surface area contributed by atoms with Gasteiger partial charge in [-0.25, -0.2) is 9.91 Å². The maximum absolute atomic E-state index is 13.0. The fraction of sp³-hybridized carbons (Fsp3) is 0.263. The highest BCUT2D eigenvalue weighted by atomic mass is 35.5. The van der Waals surface area contributed by atoms with Crippen molar-refractivity contribution in [2.45, 2.75) is 25.9 Å². The lowest BCUT2D eigenvalue weighted by atomic mass is 10.1. The Hall–Kier alpha value is -2.93. The molecule has 2 aliphatic heterocycles. The molecule has 2 aromatic rings. The predicted octanol–water partition coefficient (Wildman–Crippen LogP) is 3.54. The number of rotatable bonds is 4. The molecule has 0 radical (unpaired) electrons. The number of aryl methyl sites for hydroxylation is 1. The van der Waals surface area contributed by atoms with E-state index < -0.39 is 18.0 Å². The Kier molecular flexibility index (Phi) is 4.31. The second-order valence-corrected chi connectivity index (χ2v) is 6.72. The number of ether oxygens (including phenoxy) is 1. The lowest BCUT2D eigenvalue weighted by Crippen LogP contribution is -2.39. The molecule has 2 aliphatic rings. The van der Waals surface area contributed by atoms with E-state index in [-0.39, 0.29) is 5.91 Å². The Bertz CT molecular complexity index is 944. The summed E-state index contributed by atoms with van der Waals surface area (Å²) in [6.45, 7) is 4.33. The second kappa shape index (κ2) is 6.66. The van der Waals surface area contributed by atoms with Gasteiger partial charge in [-0.1, -0.05) is 22.9 Å². The van der Waals surface area contributed by atoms with Gasteiger partial charge in [-0.05, 0) is 55.8 Å². The number of amides is 2. The molecule has 0 bridgehead atoms. The van der Waals surface area contributed by atoms with Gasteiger partial charge < -0.3 is 4.74 Å². The van der Waals surface area contributed by atoms with Gasteiger partial charge in [0, 0.05) is 5.02 Å². The molecular weight excluding hydrogens is 368 g/mol. The molecule has 4 rings (SSSR count). The molecule has 0 saturated carbocycles. The van der Waals surface area contributed by atoms with E-state index >= 15 is 0 Å². The van der Waals surface area contributed by atoms with Crippen LogP contribution in [0.15, 0.2) is 52.8 Å². The number of carbonyl (C=O) groups is 2. The fourth-order valence-corrected chi connectivity index (χ4v) is 3.39. The quantitative estimate of drug-likeness (QED) is 0.755. The summed E-state index contributed by atoms with van der Waals surface area (Å²) in [5.41, 5.74) is 1.98. The van der Waals surface area contributed by atoms with E-state index in [9.17, 15) is 9.59 Å². The first kappa shape index (κ1) is 17.5. The van der Waals surface area contributed by atoms with Crippen LogP contribution in [0.3, 0.4) is 0 Å². The van der Waals surface area contributed by atoms with Crippen LogP contribution in [0.25, 0.3) is 0 Å². The van der Waals surface area contributed by atoms with Crippen LogP contribution in [0.2, 0.25) is 5.02 Å². The molecule has 2 heterocycles. The van der Waals surface area contributed by atoms with E-state index in [4.69, 9.17) is 16.3 Å². The Morgan fingerprint density at radius 1 is 1.07 bits per heavy atom. The maximum atomic E-state index is 13.0. The highest BCUT2D eigenvalue weighted by molar-refractivity contribution is 6.32. The Morgan fingerprint density at radius 2 is 1.78 bits per heavy atom. The van der Waals surface area contributed by atoms with Gasteiger partial charge >= 0.3 is 0 Å². The number of hydrogen-bond acceptors (Lipinski definition) is 6. The number of carbonyl (C=O) groups excluding carboxylic acids is 2. The molecule has 7 nitrogen and oxygen atoms in total. The van der Waals surface area contributed by atoms with Crippen LogP contribution in [0.4, 0.5) is 11.4 Å². The molecular formula is C19H17ClN4O3. The summed E-state index contributed by atoms with van der Waals surface area (Å²) in [6, 6.07) is 10.6. The highest BCUT2D eigenvalue weighted by Gasteiger charge is 2.55. The van der Waals surface area contributed by atoms with E-state index in [0.29, 0.717) is 23.0 Å². The summed E-state index contributed by atoms with van der Waals surface area (Å²) in [5, 5.41) is 10.1. The maximum Gasteiger partial charge on any atom is 0.263 e. The molecule has 2 aromatic carbocycles.